The minimum atomic E-state index is 0.000180. The Morgan fingerprint density at radius 3 is 2.75 bits per heavy atom. The van der Waals surface area contributed by atoms with E-state index in [0.29, 0.717) is 16.7 Å². The van der Waals surface area contributed by atoms with Gasteiger partial charge in [0.05, 0.1) is 11.1 Å². The first-order valence-corrected chi connectivity index (χ1v) is 5.52. The average molecular weight is 241 g/mol. The Hall–Kier alpha value is -1.42. The quantitative estimate of drug-likeness (QED) is 0.369. The second kappa shape index (κ2) is 4.61. The highest BCUT2D eigenvalue weighted by Gasteiger charge is 2.19. The van der Waals surface area contributed by atoms with E-state index in [-0.39, 0.29) is 5.84 Å². The molecule has 4 nitrogen and oxygen atoms in total. The van der Waals surface area contributed by atoms with E-state index in [1.54, 1.807) is 18.2 Å². The van der Waals surface area contributed by atoms with Crippen molar-refractivity contribution in [2.24, 2.45) is 10.9 Å². The standard InChI is InChI=1S/C11H13ClN2O2/c12-10-6-8(16-7-2-1-3-7)4-5-9(10)11(13)14-15/h4-7,15H,1-3H2,(H2,13,14). The van der Waals surface area contributed by atoms with Gasteiger partial charge in [0, 0.05) is 5.56 Å². The predicted octanol–water partition coefficient (Wildman–Crippen LogP) is 2.37. The fraction of sp³-hybridized carbons (Fsp3) is 0.364. The van der Waals surface area contributed by atoms with Crippen LogP contribution in [0.2, 0.25) is 5.02 Å². The summed E-state index contributed by atoms with van der Waals surface area (Å²) in [5, 5.41) is 11.9. The van der Waals surface area contributed by atoms with Crippen LogP contribution in [-0.2, 0) is 0 Å². The molecule has 0 heterocycles. The Balaban J connectivity index is 2.15. The number of benzene rings is 1. The topological polar surface area (TPSA) is 67.8 Å². The van der Waals surface area contributed by atoms with E-state index in [4.69, 9.17) is 27.3 Å². The summed E-state index contributed by atoms with van der Waals surface area (Å²) in [5.41, 5.74) is 5.96. The highest BCUT2D eigenvalue weighted by atomic mass is 35.5. The SMILES string of the molecule is NC(=NO)c1ccc(OC2CCC2)cc1Cl. The molecule has 0 amide bonds. The lowest BCUT2D eigenvalue weighted by molar-refractivity contribution is 0.120. The Morgan fingerprint density at radius 2 is 2.25 bits per heavy atom. The van der Waals surface area contributed by atoms with Crippen LogP contribution < -0.4 is 10.5 Å². The van der Waals surface area contributed by atoms with Gasteiger partial charge in [-0.2, -0.15) is 0 Å². The molecule has 1 aromatic rings. The molecule has 0 bridgehead atoms. The summed E-state index contributed by atoms with van der Waals surface area (Å²) in [5.74, 6) is 0.726. The maximum atomic E-state index is 8.55. The fourth-order valence-corrected chi connectivity index (χ4v) is 1.78. The van der Waals surface area contributed by atoms with Crippen LogP contribution >= 0.6 is 11.6 Å². The molecule has 0 aliphatic heterocycles. The number of nitrogens with zero attached hydrogens (tertiary/aromatic N) is 1. The van der Waals surface area contributed by atoms with Gasteiger partial charge >= 0.3 is 0 Å². The van der Waals surface area contributed by atoms with Crippen molar-refractivity contribution in [3.05, 3.63) is 28.8 Å². The van der Waals surface area contributed by atoms with Crippen LogP contribution in [0, 0.1) is 0 Å². The zero-order chi connectivity index (χ0) is 11.5. The summed E-state index contributed by atoms with van der Waals surface area (Å²) in [6.45, 7) is 0. The van der Waals surface area contributed by atoms with Crippen LogP contribution in [0.15, 0.2) is 23.4 Å². The minimum absolute atomic E-state index is 0.000180. The molecule has 0 aromatic heterocycles. The lowest BCUT2D eigenvalue weighted by Crippen LogP contribution is -2.24. The van der Waals surface area contributed by atoms with Gasteiger partial charge in [-0.1, -0.05) is 16.8 Å². The van der Waals surface area contributed by atoms with Crippen LogP contribution in [0.25, 0.3) is 0 Å². The van der Waals surface area contributed by atoms with Crippen LogP contribution in [0.3, 0.4) is 0 Å². The number of rotatable bonds is 3. The van der Waals surface area contributed by atoms with Gasteiger partial charge in [0.15, 0.2) is 5.84 Å². The summed E-state index contributed by atoms with van der Waals surface area (Å²) in [6.07, 6.45) is 3.73. The van der Waals surface area contributed by atoms with Crippen molar-refractivity contribution in [3.8, 4) is 5.75 Å². The normalized spacial score (nSPS) is 16.9. The van der Waals surface area contributed by atoms with E-state index in [2.05, 4.69) is 5.16 Å². The van der Waals surface area contributed by atoms with E-state index in [1.807, 2.05) is 0 Å². The lowest BCUT2D eigenvalue weighted by Gasteiger charge is -2.26. The van der Waals surface area contributed by atoms with Gasteiger partial charge in [-0.3, -0.25) is 0 Å². The minimum Gasteiger partial charge on any atom is -0.490 e. The van der Waals surface area contributed by atoms with E-state index < -0.39 is 0 Å². The molecule has 1 aromatic carbocycles. The first-order chi connectivity index (χ1) is 7.70. The lowest BCUT2D eigenvalue weighted by atomic mass is 9.96. The number of amidine groups is 1. The van der Waals surface area contributed by atoms with E-state index in [0.717, 1.165) is 18.6 Å². The Morgan fingerprint density at radius 1 is 1.50 bits per heavy atom. The molecule has 1 saturated carbocycles. The van der Waals surface area contributed by atoms with Crippen molar-refractivity contribution < 1.29 is 9.94 Å². The largest absolute Gasteiger partial charge is 0.490 e. The predicted molar refractivity (Wildman–Crippen MR) is 62.2 cm³/mol. The summed E-state index contributed by atoms with van der Waals surface area (Å²) in [7, 11) is 0. The Kier molecular flexibility index (Phi) is 3.19. The number of halogens is 1. The molecule has 0 radical (unpaired) electrons. The molecule has 0 saturated heterocycles. The van der Waals surface area contributed by atoms with Crippen molar-refractivity contribution >= 4 is 17.4 Å². The average Bonchev–Trinajstić information content (AvgIpc) is 2.23. The zero-order valence-corrected chi connectivity index (χ0v) is 9.44. The van der Waals surface area contributed by atoms with Gasteiger partial charge in [-0.05, 0) is 37.5 Å². The Labute approximate surface area is 98.7 Å². The van der Waals surface area contributed by atoms with Gasteiger partial charge in [0.1, 0.15) is 5.75 Å². The summed E-state index contributed by atoms with van der Waals surface area (Å²) in [4.78, 5) is 0. The molecule has 86 valence electrons. The molecule has 0 atom stereocenters. The van der Waals surface area contributed by atoms with Crippen LogP contribution in [0.4, 0.5) is 0 Å². The van der Waals surface area contributed by atoms with Gasteiger partial charge in [-0.25, -0.2) is 0 Å². The fourth-order valence-electron chi connectivity index (χ4n) is 1.51. The van der Waals surface area contributed by atoms with Gasteiger partial charge in [0.2, 0.25) is 0 Å². The second-order valence-electron chi connectivity index (χ2n) is 3.80. The van der Waals surface area contributed by atoms with Crippen molar-refractivity contribution in [1.29, 1.82) is 0 Å². The molecular formula is C11H13ClN2O2. The Bertz CT molecular complexity index is 416. The molecule has 1 aliphatic carbocycles. The summed E-state index contributed by atoms with van der Waals surface area (Å²) >= 11 is 6.00. The third kappa shape index (κ3) is 2.22. The van der Waals surface area contributed by atoms with Gasteiger partial charge in [-0.15, -0.1) is 0 Å². The number of ether oxygens (including phenoxy) is 1. The van der Waals surface area contributed by atoms with Gasteiger partial charge in [0.25, 0.3) is 0 Å². The third-order valence-electron chi connectivity index (χ3n) is 2.68. The molecule has 1 aliphatic rings. The number of hydrogen-bond donors (Lipinski definition) is 2. The van der Waals surface area contributed by atoms with Crippen molar-refractivity contribution in [3.63, 3.8) is 0 Å². The van der Waals surface area contributed by atoms with E-state index >= 15 is 0 Å². The van der Waals surface area contributed by atoms with Crippen LogP contribution in [0.1, 0.15) is 24.8 Å². The molecular weight excluding hydrogens is 228 g/mol. The zero-order valence-electron chi connectivity index (χ0n) is 8.69. The van der Waals surface area contributed by atoms with Crippen LogP contribution in [0.5, 0.6) is 5.75 Å². The molecule has 0 unspecified atom stereocenters. The molecule has 5 heteroatoms. The van der Waals surface area contributed by atoms with E-state index in [9.17, 15) is 0 Å². The molecule has 16 heavy (non-hydrogen) atoms. The van der Waals surface area contributed by atoms with Gasteiger partial charge < -0.3 is 15.7 Å². The summed E-state index contributed by atoms with van der Waals surface area (Å²) < 4.78 is 5.67. The first kappa shape index (κ1) is 11.1. The smallest absolute Gasteiger partial charge is 0.171 e. The highest BCUT2D eigenvalue weighted by Crippen LogP contribution is 2.28. The maximum Gasteiger partial charge on any atom is 0.171 e. The molecule has 0 spiro atoms. The first-order valence-electron chi connectivity index (χ1n) is 5.15. The monoisotopic (exact) mass is 240 g/mol. The van der Waals surface area contributed by atoms with Crippen molar-refractivity contribution in [2.45, 2.75) is 25.4 Å². The van der Waals surface area contributed by atoms with Crippen LogP contribution in [-0.4, -0.2) is 17.1 Å². The van der Waals surface area contributed by atoms with Crippen molar-refractivity contribution in [1.82, 2.24) is 0 Å². The summed E-state index contributed by atoms with van der Waals surface area (Å²) in [6, 6.07) is 5.15. The third-order valence-corrected chi connectivity index (χ3v) is 2.99. The maximum absolute atomic E-state index is 8.55. The molecule has 1 fully saturated rings. The molecule has 3 N–H and O–H groups in total. The highest BCUT2D eigenvalue weighted by molar-refractivity contribution is 6.34. The molecule has 2 rings (SSSR count). The van der Waals surface area contributed by atoms with E-state index in [1.165, 1.54) is 6.42 Å². The second-order valence-corrected chi connectivity index (χ2v) is 4.20. The number of hydrogen-bond acceptors (Lipinski definition) is 3. The number of nitrogens with two attached hydrogens (primary N) is 1. The number of oxime groups is 1. The van der Waals surface area contributed by atoms with Crippen molar-refractivity contribution in [2.75, 3.05) is 0 Å².